The summed E-state index contributed by atoms with van der Waals surface area (Å²) in [4.78, 5) is 40.0. The topological polar surface area (TPSA) is 106 Å². The van der Waals surface area contributed by atoms with E-state index in [2.05, 4.69) is 10.6 Å². The van der Waals surface area contributed by atoms with Gasteiger partial charge in [-0.1, -0.05) is 30.3 Å². The van der Waals surface area contributed by atoms with Crippen LogP contribution in [0.2, 0.25) is 0 Å². The fraction of sp³-hybridized carbons (Fsp3) is 0.545. The number of nitrogens with one attached hydrogen (secondary N) is 2. The molecule has 4 rings (SSSR count). The van der Waals surface area contributed by atoms with Crippen LogP contribution in [-0.4, -0.2) is 72.0 Å². The van der Waals surface area contributed by atoms with Crippen molar-refractivity contribution in [2.45, 2.75) is 96.2 Å². The predicted molar refractivity (Wildman–Crippen MR) is 162 cm³/mol. The average molecular weight is 580 g/mol. The van der Waals surface area contributed by atoms with Gasteiger partial charge in [0.2, 0.25) is 5.91 Å². The van der Waals surface area contributed by atoms with E-state index in [0.717, 1.165) is 18.4 Å². The third kappa shape index (κ3) is 9.03. The van der Waals surface area contributed by atoms with Gasteiger partial charge in [0, 0.05) is 31.2 Å². The summed E-state index contributed by atoms with van der Waals surface area (Å²) in [6.45, 7) is 12.8. The molecule has 0 radical (unpaired) electrons. The minimum Gasteiger partial charge on any atom is -0.456 e. The quantitative estimate of drug-likeness (QED) is 0.435. The molecule has 9 nitrogen and oxygen atoms in total. The van der Waals surface area contributed by atoms with E-state index in [1.54, 1.807) is 29.2 Å². The normalized spacial score (nSPS) is 21.9. The molecule has 2 amide bonds. The highest BCUT2D eigenvalue weighted by Gasteiger charge is 2.38. The van der Waals surface area contributed by atoms with Gasteiger partial charge < -0.3 is 29.7 Å². The summed E-state index contributed by atoms with van der Waals surface area (Å²) in [7, 11) is 0. The van der Waals surface area contributed by atoms with Gasteiger partial charge in [0.15, 0.2) is 0 Å². The maximum atomic E-state index is 13.5. The molecule has 2 saturated heterocycles. The highest BCUT2D eigenvalue weighted by molar-refractivity contribution is 5.96. The molecular weight excluding hydrogens is 534 g/mol. The molecule has 9 heteroatoms. The van der Waals surface area contributed by atoms with Crippen molar-refractivity contribution in [1.82, 2.24) is 10.2 Å². The smallest absolute Gasteiger partial charge is 0.410 e. The molecule has 0 bridgehead atoms. The molecule has 2 aliphatic rings. The Hall–Kier alpha value is -3.43. The lowest BCUT2D eigenvalue weighted by Gasteiger charge is -2.39. The summed E-state index contributed by atoms with van der Waals surface area (Å²) in [6.07, 6.45) is 1.88. The Kier molecular flexibility index (Phi) is 9.94. The SMILES string of the molecule is CC(C)(C)OC(=O)c1ccc(NC(=O)[C@H]2NC[C@@H](OC3CCN(C(=O)OC(C)(C)C)CC3)C[C@H]2c2ccccc2)cc1. The number of nitrogens with zero attached hydrogens (tertiary/aromatic N) is 1. The second-order valence-electron chi connectivity index (χ2n) is 13.1. The maximum Gasteiger partial charge on any atom is 0.410 e. The monoisotopic (exact) mass is 579 g/mol. The molecule has 42 heavy (non-hydrogen) atoms. The van der Waals surface area contributed by atoms with Crippen LogP contribution in [0.4, 0.5) is 10.5 Å². The van der Waals surface area contributed by atoms with E-state index < -0.39 is 23.2 Å². The average Bonchev–Trinajstić information content (AvgIpc) is 2.92. The number of piperidine rings is 2. The van der Waals surface area contributed by atoms with Crippen molar-refractivity contribution in [2.75, 3.05) is 25.0 Å². The minimum absolute atomic E-state index is 0.0424. The molecule has 228 valence electrons. The minimum atomic E-state index is -0.581. The van der Waals surface area contributed by atoms with Gasteiger partial charge >= 0.3 is 12.1 Å². The first kappa shape index (κ1) is 31.5. The van der Waals surface area contributed by atoms with E-state index in [1.807, 2.05) is 71.9 Å². The standard InChI is InChI=1S/C33H45N3O6/c1-32(2,3)41-30(38)23-12-14-24(15-13-23)35-29(37)28-27(22-10-8-7-9-11-22)20-26(21-34-28)40-25-16-18-36(19-17-25)31(39)42-33(4,5)6/h7-15,25-28,34H,16-21H2,1-6H3,(H,35,37)/t26-,27-,28-/m0/s1. The van der Waals surface area contributed by atoms with Crippen molar-refractivity contribution in [3.8, 4) is 0 Å². The number of hydrogen-bond donors (Lipinski definition) is 2. The van der Waals surface area contributed by atoms with Crippen molar-refractivity contribution in [1.29, 1.82) is 0 Å². The number of ether oxygens (including phenoxy) is 3. The van der Waals surface area contributed by atoms with Crippen LogP contribution < -0.4 is 10.6 Å². The molecule has 0 aliphatic carbocycles. The number of carbonyl (C=O) groups excluding carboxylic acids is 3. The van der Waals surface area contributed by atoms with Gasteiger partial charge in [0.1, 0.15) is 11.2 Å². The van der Waals surface area contributed by atoms with E-state index in [-0.39, 0.29) is 30.1 Å². The molecule has 0 saturated carbocycles. The number of anilines is 1. The van der Waals surface area contributed by atoms with E-state index in [1.165, 1.54) is 0 Å². The van der Waals surface area contributed by atoms with E-state index in [4.69, 9.17) is 14.2 Å². The van der Waals surface area contributed by atoms with Gasteiger partial charge in [-0.3, -0.25) is 4.79 Å². The molecule has 2 aromatic rings. The Balaban J connectivity index is 1.36. The third-order valence-corrected chi connectivity index (χ3v) is 7.26. The van der Waals surface area contributed by atoms with E-state index in [0.29, 0.717) is 37.3 Å². The number of amides is 2. The summed E-state index contributed by atoms with van der Waals surface area (Å²) in [6, 6.07) is 16.3. The van der Waals surface area contributed by atoms with Crippen LogP contribution in [-0.2, 0) is 19.0 Å². The van der Waals surface area contributed by atoms with Crippen LogP contribution in [0.25, 0.3) is 0 Å². The highest BCUT2D eigenvalue weighted by Crippen LogP contribution is 2.32. The fourth-order valence-corrected chi connectivity index (χ4v) is 5.33. The molecule has 3 atom stereocenters. The largest absolute Gasteiger partial charge is 0.456 e. The van der Waals surface area contributed by atoms with Crippen LogP contribution in [0.3, 0.4) is 0 Å². The number of benzene rings is 2. The first-order valence-corrected chi connectivity index (χ1v) is 14.8. The number of carbonyl (C=O) groups is 3. The zero-order chi connectivity index (χ0) is 30.5. The molecule has 2 heterocycles. The van der Waals surface area contributed by atoms with Gasteiger partial charge in [-0.25, -0.2) is 9.59 Å². The Bertz CT molecular complexity index is 1210. The Labute approximate surface area is 249 Å². The lowest BCUT2D eigenvalue weighted by Crippen LogP contribution is -2.54. The van der Waals surface area contributed by atoms with Crippen LogP contribution in [0, 0.1) is 0 Å². The van der Waals surface area contributed by atoms with Gasteiger partial charge in [-0.05, 0) is 90.6 Å². The number of likely N-dealkylation sites (tertiary alicyclic amines) is 1. The fourth-order valence-electron chi connectivity index (χ4n) is 5.33. The second-order valence-corrected chi connectivity index (χ2v) is 13.1. The molecule has 0 aromatic heterocycles. The van der Waals surface area contributed by atoms with Crippen LogP contribution in [0.1, 0.15) is 82.6 Å². The summed E-state index contributed by atoms with van der Waals surface area (Å²) < 4.78 is 17.5. The van der Waals surface area contributed by atoms with Crippen LogP contribution >= 0.6 is 0 Å². The predicted octanol–water partition coefficient (Wildman–Crippen LogP) is 5.51. The summed E-state index contributed by atoms with van der Waals surface area (Å²) in [5.74, 6) is -0.633. The van der Waals surface area contributed by atoms with Gasteiger partial charge in [0.25, 0.3) is 0 Å². The Morgan fingerprint density at radius 3 is 2.05 bits per heavy atom. The number of rotatable bonds is 6. The van der Waals surface area contributed by atoms with Crippen molar-refractivity contribution in [3.05, 3.63) is 65.7 Å². The van der Waals surface area contributed by atoms with Gasteiger partial charge in [-0.15, -0.1) is 0 Å². The Morgan fingerprint density at radius 1 is 0.833 bits per heavy atom. The molecule has 2 N–H and O–H groups in total. The first-order chi connectivity index (χ1) is 19.8. The van der Waals surface area contributed by atoms with Crippen molar-refractivity contribution in [2.24, 2.45) is 0 Å². The highest BCUT2D eigenvalue weighted by atomic mass is 16.6. The van der Waals surface area contributed by atoms with Crippen molar-refractivity contribution >= 4 is 23.7 Å². The number of esters is 1. The zero-order valence-corrected chi connectivity index (χ0v) is 25.6. The number of hydrogen-bond acceptors (Lipinski definition) is 7. The van der Waals surface area contributed by atoms with E-state index >= 15 is 0 Å². The summed E-state index contributed by atoms with van der Waals surface area (Å²) in [5, 5.41) is 6.45. The van der Waals surface area contributed by atoms with Crippen molar-refractivity contribution in [3.63, 3.8) is 0 Å². The molecule has 0 unspecified atom stereocenters. The van der Waals surface area contributed by atoms with Gasteiger partial charge in [0.05, 0.1) is 23.8 Å². The van der Waals surface area contributed by atoms with Crippen LogP contribution in [0.5, 0.6) is 0 Å². The summed E-state index contributed by atoms with van der Waals surface area (Å²) >= 11 is 0. The zero-order valence-electron chi connectivity index (χ0n) is 25.6. The molecule has 2 aromatic carbocycles. The molecular formula is C33H45N3O6. The third-order valence-electron chi connectivity index (χ3n) is 7.26. The molecule has 2 fully saturated rings. The lowest BCUT2D eigenvalue weighted by atomic mass is 9.83. The second kappa shape index (κ2) is 13.3. The van der Waals surface area contributed by atoms with Crippen molar-refractivity contribution < 1.29 is 28.6 Å². The molecule has 2 aliphatic heterocycles. The lowest BCUT2D eigenvalue weighted by molar-refractivity contribution is -0.120. The molecule has 0 spiro atoms. The Morgan fingerprint density at radius 2 is 1.45 bits per heavy atom. The first-order valence-electron chi connectivity index (χ1n) is 14.8. The van der Waals surface area contributed by atoms with Gasteiger partial charge in [-0.2, -0.15) is 0 Å². The van der Waals surface area contributed by atoms with E-state index in [9.17, 15) is 14.4 Å². The van der Waals surface area contributed by atoms with Crippen LogP contribution in [0.15, 0.2) is 54.6 Å². The summed E-state index contributed by atoms with van der Waals surface area (Å²) in [5.41, 5.74) is 1.01. The maximum absolute atomic E-state index is 13.5.